The van der Waals surface area contributed by atoms with Crippen molar-refractivity contribution in [1.82, 2.24) is 0 Å². The Bertz CT molecular complexity index is 1280. The Morgan fingerprint density at radius 3 is 1.73 bits per heavy atom. The average molecular weight is 627 g/mol. The minimum absolute atomic E-state index is 0. The Hall–Kier alpha value is -2.88. The van der Waals surface area contributed by atoms with E-state index in [9.17, 15) is 26.3 Å². The minimum Gasteiger partial charge on any atom is -0.346 e. The second kappa shape index (κ2) is 17.0. The Kier molecular flexibility index (Phi) is 14.4. The van der Waals surface area contributed by atoms with Gasteiger partial charge in [0.15, 0.2) is 23.7 Å². The molecule has 2 aliphatic rings. The molecule has 1 saturated carbocycles. The van der Waals surface area contributed by atoms with Gasteiger partial charge in [-0.15, -0.1) is 0 Å². The number of benzene rings is 3. The summed E-state index contributed by atoms with van der Waals surface area (Å²) in [5.41, 5.74) is 1.31. The van der Waals surface area contributed by atoms with Gasteiger partial charge in [0.05, 0.1) is 18.8 Å². The second-order valence-electron chi connectivity index (χ2n) is 10.3. The van der Waals surface area contributed by atoms with Crippen molar-refractivity contribution in [3.8, 4) is 11.1 Å². The van der Waals surface area contributed by atoms with E-state index in [0.717, 1.165) is 30.9 Å². The van der Waals surface area contributed by atoms with Crippen molar-refractivity contribution in [3.63, 3.8) is 0 Å². The van der Waals surface area contributed by atoms with Gasteiger partial charge in [0.25, 0.3) is 0 Å². The third kappa shape index (κ3) is 9.08. The molecule has 1 saturated heterocycles. The Morgan fingerprint density at radius 1 is 0.682 bits per heavy atom. The van der Waals surface area contributed by atoms with Crippen molar-refractivity contribution in [2.45, 2.75) is 92.1 Å². The first-order valence-corrected chi connectivity index (χ1v) is 14.9. The lowest BCUT2D eigenvalue weighted by molar-refractivity contribution is -0.321. The van der Waals surface area contributed by atoms with Crippen molar-refractivity contribution in [2.24, 2.45) is 5.92 Å². The fourth-order valence-corrected chi connectivity index (χ4v) is 5.20. The molecule has 3 aromatic rings. The van der Waals surface area contributed by atoms with Gasteiger partial charge in [0.2, 0.25) is 0 Å². The molecule has 0 spiro atoms. The molecule has 44 heavy (non-hydrogen) atoms. The first-order chi connectivity index (χ1) is 20.6. The highest BCUT2D eigenvalue weighted by Gasteiger charge is 2.40. The summed E-state index contributed by atoms with van der Waals surface area (Å²) < 4.78 is 100. The summed E-state index contributed by atoms with van der Waals surface area (Å²) in [6, 6.07) is 12.6. The molecule has 244 valence electrons. The average Bonchev–Trinajstić information content (AvgIpc) is 3.02. The smallest absolute Gasteiger partial charge is 0.346 e. The van der Waals surface area contributed by atoms with E-state index < -0.39 is 60.5 Å². The monoisotopic (exact) mass is 626 g/mol. The predicted octanol–water partition coefficient (Wildman–Crippen LogP) is 11.1. The summed E-state index contributed by atoms with van der Waals surface area (Å²) in [6.07, 6.45) is -1.91. The van der Waals surface area contributed by atoms with Gasteiger partial charge in [-0.05, 0) is 65.6 Å². The summed E-state index contributed by atoms with van der Waals surface area (Å²) in [5.74, 6) is -4.39. The molecule has 5 rings (SSSR count). The molecule has 0 bridgehead atoms. The van der Waals surface area contributed by atoms with E-state index in [0.29, 0.717) is 29.2 Å². The maximum atomic E-state index is 14.9. The summed E-state index contributed by atoms with van der Waals surface area (Å²) in [7, 11) is 0. The molecular formula is C35H44F6O3. The standard InChI is InChI=1S/C30H28F6O3.2C2H6.CH4/c1-17-2-4-18(5-3-17)19-6-8-20(9-7-19)21-10-11-24(25(31)12-21)30(35,36)39-23-15-37-29(38-16-23)22-13-26(32)28(34)27(33)14-22;2*1-2;/h6-14,17-18,23,29H,2-5,15-16H2,1H3;2*1-2H3;1H4. The molecule has 0 radical (unpaired) electrons. The molecular weight excluding hydrogens is 582 g/mol. The van der Waals surface area contributed by atoms with Crippen molar-refractivity contribution < 1.29 is 40.6 Å². The van der Waals surface area contributed by atoms with E-state index in [1.807, 2.05) is 52.0 Å². The zero-order valence-electron chi connectivity index (χ0n) is 25.2. The van der Waals surface area contributed by atoms with Crippen molar-refractivity contribution in [1.29, 1.82) is 0 Å². The zero-order valence-corrected chi connectivity index (χ0v) is 25.2. The molecule has 2 fully saturated rings. The molecule has 3 nitrogen and oxygen atoms in total. The number of alkyl halides is 2. The summed E-state index contributed by atoms with van der Waals surface area (Å²) in [4.78, 5) is 0. The van der Waals surface area contributed by atoms with Crippen LogP contribution in [-0.2, 0) is 20.3 Å². The molecule has 0 amide bonds. The van der Waals surface area contributed by atoms with Crippen LogP contribution in [0.4, 0.5) is 26.3 Å². The SMILES string of the molecule is C.CC.CC.CC1CCC(c2ccc(-c3ccc(C(F)(F)OC4COC(c5cc(F)c(F)c(F)c5)OC4)c(F)c3)cc2)CC1. The fourth-order valence-electron chi connectivity index (χ4n) is 5.20. The van der Waals surface area contributed by atoms with E-state index in [1.165, 1.54) is 24.5 Å². The topological polar surface area (TPSA) is 27.7 Å². The molecule has 0 aromatic heterocycles. The van der Waals surface area contributed by atoms with Gasteiger partial charge < -0.3 is 14.2 Å². The Morgan fingerprint density at radius 2 is 1.20 bits per heavy atom. The van der Waals surface area contributed by atoms with Gasteiger partial charge in [-0.3, -0.25) is 0 Å². The van der Waals surface area contributed by atoms with Crippen LogP contribution in [-0.4, -0.2) is 19.3 Å². The molecule has 0 N–H and O–H groups in total. The van der Waals surface area contributed by atoms with Gasteiger partial charge in [0, 0.05) is 5.56 Å². The quantitative estimate of drug-likeness (QED) is 0.201. The molecule has 3 aromatic carbocycles. The van der Waals surface area contributed by atoms with E-state index in [2.05, 4.69) is 6.92 Å². The van der Waals surface area contributed by atoms with Crippen molar-refractivity contribution in [3.05, 3.63) is 94.6 Å². The number of rotatable bonds is 6. The lowest BCUT2D eigenvalue weighted by atomic mass is 9.79. The van der Waals surface area contributed by atoms with Crippen LogP contribution < -0.4 is 0 Å². The molecule has 0 atom stereocenters. The second-order valence-corrected chi connectivity index (χ2v) is 10.3. The third-order valence-corrected chi connectivity index (χ3v) is 7.47. The van der Waals surface area contributed by atoms with Crippen LogP contribution in [0.5, 0.6) is 0 Å². The van der Waals surface area contributed by atoms with Crippen LogP contribution >= 0.6 is 0 Å². The largest absolute Gasteiger partial charge is 0.386 e. The van der Waals surface area contributed by atoms with Crippen LogP contribution in [0.25, 0.3) is 11.1 Å². The van der Waals surface area contributed by atoms with Gasteiger partial charge in [-0.25, -0.2) is 17.6 Å². The number of halogens is 6. The molecule has 9 heteroatoms. The maximum Gasteiger partial charge on any atom is 0.386 e. The van der Waals surface area contributed by atoms with Gasteiger partial charge in [-0.1, -0.05) is 85.2 Å². The van der Waals surface area contributed by atoms with Crippen molar-refractivity contribution >= 4 is 0 Å². The highest BCUT2D eigenvalue weighted by atomic mass is 19.3. The molecule has 1 heterocycles. The lowest BCUT2D eigenvalue weighted by Gasteiger charge is -2.32. The van der Waals surface area contributed by atoms with E-state index >= 15 is 0 Å². The first-order valence-electron chi connectivity index (χ1n) is 14.9. The zero-order chi connectivity index (χ0) is 31.7. The van der Waals surface area contributed by atoms with E-state index in [-0.39, 0.29) is 13.0 Å². The lowest BCUT2D eigenvalue weighted by Crippen LogP contribution is -2.38. The van der Waals surface area contributed by atoms with Crippen LogP contribution in [0.15, 0.2) is 54.6 Å². The predicted molar refractivity (Wildman–Crippen MR) is 161 cm³/mol. The highest BCUT2D eigenvalue weighted by Crippen LogP contribution is 2.38. The van der Waals surface area contributed by atoms with Crippen LogP contribution in [0, 0.1) is 29.2 Å². The number of hydrogen-bond acceptors (Lipinski definition) is 3. The van der Waals surface area contributed by atoms with E-state index in [4.69, 9.17) is 14.2 Å². The highest BCUT2D eigenvalue weighted by molar-refractivity contribution is 5.64. The number of ether oxygens (including phenoxy) is 3. The Labute approximate surface area is 257 Å². The van der Waals surface area contributed by atoms with Crippen LogP contribution in [0.2, 0.25) is 0 Å². The molecule has 0 unspecified atom stereocenters. The number of hydrogen-bond donors (Lipinski definition) is 0. The van der Waals surface area contributed by atoms with Crippen LogP contribution in [0.3, 0.4) is 0 Å². The summed E-state index contributed by atoms with van der Waals surface area (Å²) in [6.45, 7) is 9.42. The molecule has 1 aliphatic heterocycles. The minimum atomic E-state index is -4.00. The van der Waals surface area contributed by atoms with Crippen LogP contribution in [0.1, 0.15) is 96.6 Å². The van der Waals surface area contributed by atoms with Gasteiger partial charge in [0.1, 0.15) is 11.9 Å². The van der Waals surface area contributed by atoms with Gasteiger partial charge in [-0.2, -0.15) is 8.78 Å². The molecule has 1 aliphatic carbocycles. The van der Waals surface area contributed by atoms with E-state index in [1.54, 1.807) is 0 Å². The summed E-state index contributed by atoms with van der Waals surface area (Å²) >= 11 is 0. The fraction of sp³-hybridized carbons (Fsp3) is 0.486. The Balaban J connectivity index is 0.00000130. The van der Waals surface area contributed by atoms with Crippen molar-refractivity contribution in [2.75, 3.05) is 13.2 Å². The summed E-state index contributed by atoms with van der Waals surface area (Å²) in [5, 5.41) is 0. The first kappa shape index (κ1) is 37.3. The normalized spacial score (nSPS) is 21.6. The third-order valence-electron chi connectivity index (χ3n) is 7.47. The maximum absolute atomic E-state index is 14.9. The van der Waals surface area contributed by atoms with Gasteiger partial charge >= 0.3 is 6.11 Å².